The van der Waals surface area contributed by atoms with Crippen LogP contribution in [0.5, 0.6) is 0 Å². The Hall–Kier alpha value is -1.85. The summed E-state index contributed by atoms with van der Waals surface area (Å²) in [4.78, 5) is 38.4. The minimum Gasteiger partial charge on any atom is -0.481 e. The zero-order valence-corrected chi connectivity index (χ0v) is 24.4. The first kappa shape index (κ1) is 27.7. The summed E-state index contributed by atoms with van der Waals surface area (Å²) >= 11 is 0. The maximum atomic E-state index is 13.6. The molecule has 0 heterocycles. The summed E-state index contributed by atoms with van der Waals surface area (Å²) in [6.45, 7) is 14.9. The quantitative estimate of drug-likeness (QED) is 0.311. The molecule has 0 spiro atoms. The van der Waals surface area contributed by atoms with E-state index in [-0.39, 0.29) is 40.7 Å². The Kier molecular flexibility index (Phi) is 6.25. The van der Waals surface area contributed by atoms with Crippen molar-refractivity contribution in [3.8, 4) is 0 Å². The van der Waals surface area contributed by atoms with Gasteiger partial charge in [0.1, 0.15) is 6.10 Å². The number of esters is 1. The molecule has 0 amide bonds. The summed E-state index contributed by atoms with van der Waals surface area (Å²) in [7, 11) is 0. The van der Waals surface area contributed by atoms with Gasteiger partial charge in [-0.25, -0.2) is 0 Å². The number of carbonyl (C=O) groups excluding carboxylic acids is 1. The van der Waals surface area contributed by atoms with Gasteiger partial charge >= 0.3 is 17.9 Å². The molecule has 0 bridgehead atoms. The number of carboxylic acids is 2. The number of hydrogen-bond acceptors (Lipinski definition) is 4. The second-order valence-electron chi connectivity index (χ2n) is 14.9. The van der Waals surface area contributed by atoms with Gasteiger partial charge in [0.05, 0.1) is 10.8 Å². The number of aliphatic carboxylic acids is 2. The van der Waals surface area contributed by atoms with Crippen LogP contribution in [0.3, 0.4) is 0 Å². The highest BCUT2D eigenvalue weighted by Crippen LogP contribution is 2.76. The number of allylic oxidation sites excluding steroid dienone is 1. The monoisotopic (exact) mass is 528 g/mol. The summed E-state index contributed by atoms with van der Waals surface area (Å²) in [5, 5.41) is 21.7. The number of fused-ring (bicyclic) bond motifs is 7. The van der Waals surface area contributed by atoms with E-state index in [0.29, 0.717) is 31.1 Å². The molecular formula is C32H48O6. The maximum Gasteiger partial charge on any atom is 0.314 e. The predicted octanol–water partition coefficient (Wildman–Crippen LogP) is 6.73. The molecule has 0 aromatic heterocycles. The molecule has 0 aliphatic heterocycles. The highest BCUT2D eigenvalue weighted by Gasteiger charge is 2.73. The predicted molar refractivity (Wildman–Crippen MR) is 144 cm³/mol. The fourth-order valence-corrected chi connectivity index (χ4v) is 11.4. The fraction of sp³-hybridized carbons (Fsp3) is 0.844. The Morgan fingerprint density at radius 2 is 1.55 bits per heavy atom. The molecule has 4 saturated carbocycles. The van der Waals surface area contributed by atoms with Gasteiger partial charge in [0.15, 0.2) is 0 Å². The Balaban J connectivity index is 1.63. The molecule has 5 rings (SSSR count). The van der Waals surface area contributed by atoms with Gasteiger partial charge in [-0.05, 0) is 98.2 Å². The molecule has 10 atom stereocenters. The average molecular weight is 529 g/mol. The molecule has 212 valence electrons. The molecule has 5 aliphatic carbocycles. The van der Waals surface area contributed by atoms with Crippen molar-refractivity contribution in [1.82, 2.24) is 0 Å². The minimum absolute atomic E-state index is 0.0789. The van der Waals surface area contributed by atoms with Crippen LogP contribution in [0, 0.1) is 56.7 Å². The Bertz CT molecular complexity index is 1080. The summed E-state index contributed by atoms with van der Waals surface area (Å²) in [5.74, 6) is -0.952. The van der Waals surface area contributed by atoms with Gasteiger partial charge in [-0.1, -0.05) is 53.2 Å². The molecule has 0 saturated heterocycles. The molecule has 0 aromatic carbocycles. The smallest absolute Gasteiger partial charge is 0.314 e. The molecular weight excluding hydrogens is 480 g/mol. The third kappa shape index (κ3) is 3.27. The lowest BCUT2D eigenvalue weighted by Gasteiger charge is -2.70. The SMILES string of the molecule is CC(=O)O[C@H]1CC[C@@]2(C)[C@@H](CC[C@]3(C)[C@H]2CC=C2[C@@H]4[C@@H](C)[C@H](C)CC[C@]4(C(=O)O)CC[C@]23C(=O)O)C1(C)C. The highest BCUT2D eigenvalue weighted by atomic mass is 16.5. The largest absolute Gasteiger partial charge is 0.481 e. The van der Waals surface area contributed by atoms with Crippen LogP contribution in [-0.2, 0) is 19.1 Å². The van der Waals surface area contributed by atoms with E-state index in [9.17, 15) is 24.6 Å². The van der Waals surface area contributed by atoms with Crippen molar-refractivity contribution in [2.45, 2.75) is 112 Å². The highest BCUT2D eigenvalue weighted by molar-refractivity contribution is 5.84. The van der Waals surface area contributed by atoms with E-state index in [1.54, 1.807) is 0 Å². The second-order valence-corrected chi connectivity index (χ2v) is 14.9. The van der Waals surface area contributed by atoms with Gasteiger partial charge in [-0.15, -0.1) is 0 Å². The van der Waals surface area contributed by atoms with Crippen molar-refractivity contribution in [3.05, 3.63) is 11.6 Å². The number of rotatable bonds is 3. The van der Waals surface area contributed by atoms with E-state index in [0.717, 1.165) is 44.1 Å². The van der Waals surface area contributed by atoms with E-state index in [4.69, 9.17) is 4.74 Å². The van der Waals surface area contributed by atoms with Crippen molar-refractivity contribution < 1.29 is 29.3 Å². The first-order chi connectivity index (χ1) is 17.6. The molecule has 5 aliphatic rings. The lowest BCUT2D eigenvalue weighted by molar-refractivity contribution is -0.221. The molecule has 2 N–H and O–H groups in total. The zero-order chi connectivity index (χ0) is 28.1. The Labute approximate surface area is 228 Å². The van der Waals surface area contributed by atoms with Crippen LogP contribution in [0.4, 0.5) is 0 Å². The van der Waals surface area contributed by atoms with Crippen LogP contribution in [0.15, 0.2) is 11.6 Å². The standard InChI is InChI=1S/C32H48O6/c1-18-10-15-31(26(34)35)16-17-32(27(36)37)21(25(31)19(18)2)8-9-23-29(6)13-12-24(38-20(3)33)28(4,5)22(29)11-14-30(23,32)7/h8,18-19,22-25H,9-17H2,1-7H3,(H,34,35)(H,36,37)/t18-,19+,22+,23+,24+,25+,29+,30-,31+,32-/m1/s1. The molecule has 6 heteroatoms. The number of ether oxygens (including phenoxy) is 1. The molecule has 0 aromatic rings. The molecule has 6 nitrogen and oxygen atoms in total. The van der Waals surface area contributed by atoms with Crippen molar-refractivity contribution in [1.29, 1.82) is 0 Å². The van der Waals surface area contributed by atoms with E-state index < -0.39 is 28.2 Å². The van der Waals surface area contributed by atoms with Gasteiger partial charge < -0.3 is 14.9 Å². The number of carbonyl (C=O) groups is 3. The van der Waals surface area contributed by atoms with Crippen molar-refractivity contribution in [2.75, 3.05) is 0 Å². The van der Waals surface area contributed by atoms with E-state index in [1.165, 1.54) is 6.92 Å². The van der Waals surface area contributed by atoms with Crippen LogP contribution in [0.1, 0.15) is 106 Å². The third-order valence-corrected chi connectivity index (χ3v) is 13.5. The molecule has 0 radical (unpaired) electrons. The molecule has 0 unspecified atom stereocenters. The summed E-state index contributed by atoms with van der Waals surface area (Å²) < 4.78 is 5.82. The van der Waals surface area contributed by atoms with Gasteiger partial charge in [-0.3, -0.25) is 14.4 Å². The van der Waals surface area contributed by atoms with E-state index >= 15 is 0 Å². The second kappa shape index (κ2) is 8.57. The van der Waals surface area contributed by atoms with E-state index in [1.807, 2.05) is 0 Å². The summed E-state index contributed by atoms with van der Waals surface area (Å²) in [6, 6.07) is 0. The maximum absolute atomic E-state index is 13.6. The lowest BCUT2D eigenvalue weighted by atomic mass is 9.33. The Morgan fingerprint density at radius 1 is 0.868 bits per heavy atom. The van der Waals surface area contributed by atoms with Crippen molar-refractivity contribution >= 4 is 17.9 Å². The normalized spacial score (nSPS) is 49.3. The van der Waals surface area contributed by atoms with Crippen LogP contribution in [0.2, 0.25) is 0 Å². The molecule has 4 fully saturated rings. The summed E-state index contributed by atoms with van der Waals surface area (Å²) in [5.41, 5.74) is -1.68. The van der Waals surface area contributed by atoms with Crippen molar-refractivity contribution in [2.24, 2.45) is 56.7 Å². The van der Waals surface area contributed by atoms with Gasteiger partial charge in [0.2, 0.25) is 0 Å². The fourth-order valence-electron chi connectivity index (χ4n) is 11.4. The number of carboxylic acid groups (broad SMARTS) is 2. The van der Waals surface area contributed by atoms with Gasteiger partial charge in [0.25, 0.3) is 0 Å². The molecule has 38 heavy (non-hydrogen) atoms. The topological polar surface area (TPSA) is 101 Å². The van der Waals surface area contributed by atoms with Gasteiger partial charge in [-0.2, -0.15) is 0 Å². The first-order valence-electron chi connectivity index (χ1n) is 14.9. The van der Waals surface area contributed by atoms with Crippen LogP contribution >= 0.6 is 0 Å². The average Bonchev–Trinajstić information content (AvgIpc) is 2.82. The lowest BCUT2D eigenvalue weighted by Crippen LogP contribution is -2.68. The van der Waals surface area contributed by atoms with Crippen LogP contribution in [-0.4, -0.2) is 34.2 Å². The third-order valence-electron chi connectivity index (χ3n) is 13.5. The van der Waals surface area contributed by atoms with Crippen molar-refractivity contribution in [3.63, 3.8) is 0 Å². The van der Waals surface area contributed by atoms with Crippen LogP contribution < -0.4 is 0 Å². The zero-order valence-electron chi connectivity index (χ0n) is 24.4. The summed E-state index contributed by atoms with van der Waals surface area (Å²) in [6.07, 6.45) is 8.67. The van der Waals surface area contributed by atoms with E-state index in [2.05, 4.69) is 47.6 Å². The number of hydrogen-bond donors (Lipinski definition) is 2. The Morgan fingerprint density at radius 3 is 2.16 bits per heavy atom. The van der Waals surface area contributed by atoms with Crippen LogP contribution in [0.25, 0.3) is 0 Å². The first-order valence-corrected chi connectivity index (χ1v) is 14.9. The minimum atomic E-state index is -1.03. The van der Waals surface area contributed by atoms with Gasteiger partial charge in [0, 0.05) is 12.3 Å².